The van der Waals surface area contributed by atoms with Gasteiger partial charge in [-0.3, -0.25) is 4.79 Å². The number of hydrogen-bond acceptors (Lipinski definition) is 3. The molecule has 2 aromatic carbocycles. The largest absolute Gasteiger partial charge is 0.293 e. The number of carbonyl (C=O) groups is 1. The van der Waals surface area contributed by atoms with E-state index in [9.17, 15) is 4.79 Å². The summed E-state index contributed by atoms with van der Waals surface area (Å²) in [6, 6.07) is 19.6. The SMILES string of the molecule is O=C(CSc1ccccn1)c1ccc2ccccc2c1. The number of ketones is 1. The topological polar surface area (TPSA) is 30.0 Å². The minimum absolute atomic E-state index is 0.131. The zero-order valence-electron chi connectivity index (χ0n) is 10.8. The first-order chi connectivity index (χ1) is 9.83. The van der Waals surface area contributed by atoms with Gasteiger partial charge in [0, 0.05) is 11.8 Å². The molecule has 0 atom stereocenters. The lowest BCUT2D eigenvalue weighted by molar-refractivity contribution is 0.102. The Hall–Kier alpha value is -2.13. The molecule has 3 rings (SSSR count). The van der Waals surface area contributed by atoms with Crippen molar-refractivity contribution >= 4 is 28.3 Å². The molecule has 20 heavy (non-hydrogen) atoms. The molecule has 0 aliphatic rings. The monoisotopic (exact) mass is 279 g/mol. The molecule has 0 aliphatic heterocycles. The highest BCUT2D eigenvalue weighted by atomic mass is 32.2. The van der Waals surface area contributed by atoms with Crippen LogP contribution in [0.3, 0.4) is 0 Å². The summed E-state index contributed by atoms with van der Waals surface area (Å²) in [5.74, 6) is 0.543. The molecule has 0 unspecified atom stereocenters. The fourth-order valence-electron chi connectivity index (χ4n) is 2.02. The number of carbonyl (C=O) groups excluding carboxylic acids is 1. The number of fused-ring (bicyclic) bond motifs is 1. The van der Waals surface area contributed by atoms with Gasteiger partial charge >= 0.3 is 0 Å². The van der Waals surface area contributed by atoms with Gasteiger partial charge in [-0.05, 0) is 29.0 Å². The second-order valence-electron chi connectivity index (χ2n) is 4.44. The Morgan fingerprint density at radius 1 is 0.950 bits per heavy atom. The first-order valence-electron chi connectivity index (χ1n) is 6.39. The summed E-state index contributed by atoms with van der Waals surface area (Å²) in [7, 11) is 0. The van der Waals surface area contributed by atoms with Crippen LogP contribution in [0.2, 0.25) is 0 Å². The smallest absolute Gasteiger partial charge is 0.173 e. The fraction of sp³-hybridized carbons (Fsp3) is 0.0588. The fourth-order valence-corrected chi connectivity index (χ4v) is 2.77. The summed E-state index contributed by atoms with van der Waals surface area (Å²) < 4.78 is 0. The van der Waals surface area contributed by atoms with Gasteiger partial charge in [0.2, 0.25) is 0 Å². The van der Waals surface area contributed by atoms with Crippen LogP contribution in [0.5, 0.6) is 0 Å². The van der Waals surface area contributed by atoms with Crippen molar-refractivity contribution in [3.8, 4) is 0 Å². The third kappa shape index (κ3) is 2.89. The molecule has 0 N–H and O–H groups in total. The minimum Gasteiger partial charge on any atom is -0.293 e. The Balaban J connectivity index is 1.75. The predicted octanol–water partition coefficient (Wildman–Crippen LogP) is 4.21. The molecule has 0 fully saturated rings. The van der Waals surface area contributed by atoms with Crippen molar-refractivity contribution in [2.45, 2.75) is 5.03 Å². The van der Waals surface area contributed by atoms with Crippen LogP contribution in [0.1, 0.15) is 10.4 Å². The molecule has 3 aromatic rings. The van der Waals surface area contributed by atoms with Crippen molar-refractivity contribution in [3.05, 3.63) is 72.4 Å². The van der Waals surface area contributed by atoms with E-state index in [1.807, 2.05) is 60.7 Å². The molecule has 2 nitrogen and oxygen atoms in total. The Morgan fingerprint density at radius 3 is 2.55 bits per heavy atom. The summed E-state index contributed by atoms with van der Waals surface area (Å²) in [5, 5.41) is 3.13. The van der Waals surface area contributed by atoms with Crippen molar-refractivity contribution < 1.29 is 4.79 Å². The molecule has 1 heterocycles. The number of pyridine rings is 1. The highest BCUT2D eigenvalue weighted by Crippen LogP contribution is 2.19. The zero-order valence-corrected chi connectivity index (χ0v) is 11.6. The number of aromatic nitrogens is 1. The number of benzene rings is 2. The molecule has 3 heteroatoms. The maximum atomic E-state index is 12.2. The van der Waals surface area contributed by atoms with E-state index < -0.39 is 0 Å². The molecule has 0 aliphatic carbocycles. The van der Waals surface area contributed by atoms with E-state index in [1.54, 1.807) is 6.20 Å². The highest BCUT2D eigenvalue weighted by molar-refractivity contribution is 7.99. The molecule has 0 spiro atoms. The van der Waals surface area contributed by atoms with Gasteiger partial charge in [0.25, 0.3) is 0 Å². The van der Waals surface area contributed by atoms with Crippen LogP contribution in [-0.4, -0.2) is 16.5 Å². The van der Waals surface area contributed by atoms with Gasteiger partial charge in [-0.15, -0.1) is 0 Å². The normalized spacial score (nSPS) is 10.6. The van der Waals surface area contributed by atoms with Crippen molar-refractivity contribution in [2.24, 2.45) is 0 Å². The van der Waals surface area contributed by atoms with Crippen LogP contribution in [0.25, 0.3) is 10.8 Å². The molecule has 0 radical (unpaired) electrons. The molecule has 0 saturated carbocycles. The molecular formula is C17H13NOS. The number of nitrogens with zero attached hydrogens (tertiary/aromatic N) is 1. The third-order valence-corrected chi connectivity index (χ3v) is 4.00. The Kier molecular flexibility index (Phi) is 3.79. The Bertz CT molecular complexity index is 740. The Morgan fingerprint density at radius 2 is 1.75 bits per heavy atom. The van der Waals surface area contributed by atoms with Gasteiger partial charge in [0.1, 0.15) is 0 Å². The van der Waals surface area contributed by atoms with E-state index in [0.29, 0.717) is 5.75 Å². The van der Waals surface area contributed by atoms with Gasteiger partial charge in [-0.25, -0.2) is 4.98 Å². The number of Topliss-reactive ketones (excluding diaryl/α,β-unsaturated/α-hetero) is 1. The number of rotatable bonds is 4. The lowest BCUT2D eigenvalue weighted by Gasteiger charge is -2.03. The first-order valence-corrected chi connectivity index (χ1v) is 7.37. The van der Waals surface area contributed by atoms with Gasteiger partial charge in [0.15, 0.2) is 5.78 Å². The molecule has 1 aromatic heterocycles. The van der Waals surface area contributed by atoms with Crippen LogP contribution in [0.15, 0.2) is 71.9 Å². The summed E-state index contributed by atoms with van der Waals surface area (Å²) >= 11 is 1.47. The third-order valence-electron chi connectivity index (χ3n) is 3.06. The summed E-state index contributed by atoms with van der Waals surface area (Å²) in [6.07, 6.45) is 1.74. The van der Waals surface area contributed by atoms with Gasteiger partial charge < -0.3 is 0 Å². The summed E-state index contributed by atoms with van der Waals surface area (Å²) in [6.45, 7) is 0. The number of thioether (sulfide) groups is 1. The van der Waals surface area contributed by atoms with Crippen LogP contribution in [0, 0.1) is 0 Å². The second-order valence-corrected chi connectivity index (χ2v) is 5.44. The van der Waals surface area contributed by atoms with Crippen molar-refractivity contribution in [2.75, 3.05) is 5.75 Å². The van der Waals surface area contributed by atoms with Gasteiger partial charge in [-0.1, -0.05) is 54.2 Å². The predicted molar refractivity (Wildman–Crippen MR) is 83.2 cm³/mol. The maximum absolute atomic E-state index is 12.2. The minimum atomic E-state index is 0.131. The van der Waals surface area contributed by atoms with Gasteiger partial charge in [-0.2, -0.15) is 0 Å². The molecule has 0 saturated heterocycles. The standard InChI is InChI=1S/C17H13NOS/c19-16(12-20-17-7-3-4-10-18-17)15-9-8-13-5-1-2-6-14(13)11-15/h1-11H,12H2. The van der Waals surface area contributed by atoms with E-state index >= 15 is 0 Å². The van der Waals surface area contributed by atoms with Crippen LogP contribution < -0.4 is 0 Å². The molecule has 0 bridgehead atoms. The maximum Gasteiger partial charge on any atom is 0.173 e. The van der Waals surface area contributed by atoms with E-state index in [-0.39, 0.29) is 5.78 Å². The van der Waals surface area contributed by atoms with Crippen LogP contribution in [-0.2, 0) is 0 Å². The lowest BCUT2D eigenvalue weighted by atomic mass is 10.1. The molecular weight excluding hydrogens is 266 g/mol. The van der Waals surface area contributed by atoms with E-state index in [1.165, 1.54) is 11.8 Å². The molecule has 0 amide bonds. The summed E-state index contributed by atoms with van der Waals surface area (Å²) in [4.78, 5) is 16.4. The van der Waals surface area contributed by atoms with E-state index in [4.69, 9.17) is 0 Å². The Labute approximate surface area is 121 Å². The van der Waals surface area contributed by atoms with Crippen molar-refractivity contribution in [3.63, 3.8) is 0 Å². The van der Waals surface area contributed by atoms with Crippen LogP contribution >= 0.6 is 11.8 Å². The molecule has 98 valence electrons. The van der Waals surface area contributed by atoms with Crippen molar-refractivity contribution in [1.82, 2.24) is 4.98 Å². The van der Waals surface area contributed by atoms with Crippen LogP contribution in [0.4, 0.5) is 0 Å². The lowest BCUT2D eigenvalue weighted by Crippen LogP contribution is -2.02. The first kappa shape index (κ1) is 12.9. The van der Waals surface area contributed by atoms with Crippen molar-refractivity contribution in [1.29, 1.82) is 0 Å². The number of hydrogen-bond donors (Lipinski definition) is 0. The highest BCUT2D eigenvalue weighted by Gasteiger charge is 2.07. The van der Waals surface area contributed by atoms with E-state index in [2.05, 4.69) is 4.98 Å². The quantitative estimate of drug-likeness (QED) is 0.529. The average molecular weight is 279 g/mol. The zero-order chi connectivity index (χ0) is 13.8. The average Bonchev–Trinajstić information content (AvgIpc) is 2.53. The van der Waals surface area contributed by atoms with Gasteiger partial charge in [0.05, 0.1) is 10.8 Å². The second kappa shape index (κ2) is 5.88. The summed E-state index contributed by atoms with van der Waals surface area (Å²) in [5.41, 5.74) is 0.757. The van der Waals surface area contributed by atoms with E-state index in [0.717, 1.165) is 21.4 Å².